The van der Waals surface area contributed by atoms with Crippen molar-refractivity contribution in [2.75, 3.05) is 19.6 Å². The molecule has 0 aromatic heterocycles. The average molecular weight is 201 g/mol. The number of carboxylic acid groups (broad SMARTS) is 1. The molecule has 0 saturated carbocycles. The molecule has 1 aliphatic rings. The summed E-state index contributed by atoms with van der Waals surface area (Å²) in [4.78, 5) is 33.3. The Morgan fingerprint density at radius 2 is 2.29 bits per heavy atom. The van der Waals surface area contributed by atoms with E-state index in [0.717, 1.165) is 4.90 Å². The number of aliphatic carboxylic acids is 1. The number of hydrogen-bond donors (Lipinski definition) is 3. The largest absolute Gasteiger partial charge is 0.480 e. The first kappa shape index (κ1) is 10.5. The van der Waals surface area contributed by atoms with E-state index >= 15 is 0 Å². The second-order valence-electron chi connectivity index (χ2n) is 2.94. The SMILES string of the molecule is NCC(=O)NC1CN(CC(=O)O)C1=O. The van der Waals surface area contributed by atoms with Crippen molar-refractivity contribution in [1.82, 2.24) is 10.2 Å². The van der Waals surface area contributed by atoms with Crippen molar-refractivity contribution in [1.29, 1.82) is 0 Å². The molecular weight excluding hydrogens is 190 g/mol. The van der Waals surface area contributed by atoms with Gasteiger partial charge >= 0.3 is 5.97 Å². The van der Waals surface area contributed by atoms with Crippen LogP contribution in [-0.2, 0) is 14.4 Å². The smallest absolute Gasteiger partial charge is 0.323 e. The minimum absolute atomic E-state index is 0.178. The summed E-state index contributed by atoms with van der Waals surface area (Å²) < 4.78 is 0. The predicted octanol–water partition coefficient (Wildman–Crippen LogP) is -2.64. The van der Waals surface area contributed by atoms with Crippen LogP contribution in [0.15, 0.2) is 0 Å². The van der Waals surface area contributed by atoms with Crippen molar-refractivity contribution in [3.63, 3.8) is 0 Å². The van der Waals surface area contributed by atoms with E-state index in [-0.39, 0.29) is 25.5 Å². The summed E-state index contributed by atoms with van der Waals surface area (Å²) in [6, 6.07) is -0.606. The standard InChI is InChI=1S/C7H11N3O4/c8-1-5(11)9-4-2-10(7(4)14)3-6(12)13/h4H,1-3,8H2,(H,9,11)(H,12,13). The highest BCUT2D eigenvalue weighted by atomic mass is 16.4. The summed E-state index contributed by atoms with van der Waals surface area (Å²) in [6.07, 6.45) is 0. The zero-order valence-electron chi connectivity index (χ0n) is 7.40. The van der Waals surface area contributed by atoms with Crippen LogP contribution in [0, 0.1) is 0 Å². The number of nitrogens with two attached hydrogens (primary N) is 1. The van der Waals surface area contributed by atoms with Crippen molar-refractivity contribution < 1.29 is 19.5 Å². The number of β-lactam (4-membered cyclic amide) rings is 1. The molecule has 7 heteroatoms. The number of carbonyl (C=O) groups is 3. The average Bonchev–Trinajstić information content (AvgIpc) is 2.14. The fourth-order valence-corrected chi connectivity index (χ4v) is 1.16. The third kappa shape index (κ3) is 2.19. The molecular formula is C7H11N3O4. The van der Waals surface area contributed by atoms with Gasteiger partial charge in [0.25, 0.3) is 0 Å². The van der Waals surface area contributed by atoms with Gasteiger partial charge in [0.2, 0.25) is 11.8 Å². The second-order valence-corrected chi connectivity index (χ2v) is 2.94. The molecule has 1 atom stereocenters. The highest BCUT2D eigenvalue weighted by molar-refractivity contribution is 5.94. The van der Waals surface area contributed by atoms with Crippen LogP contribution in [0.25, 0.3) is 0 Å². The molecule has 7 nitrogen and oxygen atoms in total. The fraction of sp³-hybridized carbons (Fsp3) is 0.571. The Hall–Kier alpha value is -1.63. The number of rotatable bonds is 4. The zero-order valence-corrected chi connectivity index (χ0v) is 7.40. The molecule has 1 fully saturated rings. The zero-order chi connectivity index (χ0) is 10.7. The number of nitrogens with one attached hydrogen (secondary N) is 1. The Kier molecular flexibility index (Phi) is 3.03. The molecule has 1 aliphatic heterocycles. The summed E-state index contributed by atoms with van der Waals surface area (Å²) in [5.74, 6) is -1.87. The molecule has 0 aromatic rings. The van der Waals surface area contributed by atoms with Crippen LogP contribution >= 0.6 is 0 Å². The first-order chi connectivity index (χ1) is 6.54. The van der Waals surface area contributed by atoms with Gasteiger partial charge in [0.05, 0.1) is 13.1 Å². The lowest BCUT2D eigenvalue weighted by atomic mass is 10.1. The Morgan fingerprint density at radius 3 is 2.71 bits per heavy atom. The molecule has 1 unspecified atom stereocenters. The third-order valence-corrected chi connectivity index (χ3v) is 1.86. The van der Waals surface area contributed by atoms with Crippen molar-refractivity contribution in [2.24, 2.45) is 5.73 Å². The van der Waals surface area contributed by atoms with E-state index in [0.29, 0.717) is 0 Å². The van der Waals surface area contributed by atoms with E-state index in [4.69, 9.17) is 10.8 Å². The van der Waals surface area contributed by atoms with Crippen LogP contribution in [0.5, 0.6) is 0 Å². The molecule has 0 aromatic carbocycles. The maximum Gasteiger partial charge on any atom is 0.323 e. The minimum Gasteiger partial charge on any atom is -0.480 e. The molecule has 0 aliphatic carbocycles. The number of nitrogens with zero attached hydrogens (tertiary/aromatic N) is 1. The Morgan fingerprint density at radius 1 is 1.64 bits per heavy atom. The molecule has 78 valence electrons. The summed E-state index contributed by atoms with van der Waals surface area (Å²) >= 11 is 0. The van der Waals surface area contributed by atoms with E-state index in [1.165, 1.54) is 0 Å². The van der Waals surface area contributed by atoms with Crippen LogP contribution in [0.2, 0.25) is 0 Å². The van der Waals surface area contributed by atoms with Crippen molar-refractivity contribution in [2.45, 2.75) is 6.04 Å². The first-order valence-corrected chi connectivity index (χ1v) is 4.04. The van der Waals surface area contributed by atoms with Gasteiger partial charge in [0.1, 0.15) is 12.6 Å². The molecule has 1 saturated heterocycles. The van der Waals surface area contributed by atoms with E-state index in [2.05, 4.69) is 5.32 Å². The van der Waals surface area contributed by atoms with Gasteiger partial charge in [-0.15, -0.1) is 0 Å². The topological polar surface area (TPSA) is 113 Å². The van der Waals surface area contributed by atoms with E-state index < -0.39 is 17.9 Å². The lowest BCUT2D eigenvalue weighted by molar-refractivity contribution is -0.153. The van der Waals surface area contributed by atoms with E-state index in [1.807, 2.05) is 0 Å². The van der Waals surface area contributed by atoms with Gasteiger partial charge in [0, 0.05) is 0 Å². The van der Waals surface area contributed by atoms with Crippen molar-refractivity contribution >= 4 is 17.8 Å². The molecule has 4 N–H and O–H groups in total. The summed E-state index contributed by atoms with van der Waals surface area (Å²) in [6.45, 7) is -0.270. The molecule has 14 heavy (non-hydrogen) atoms. The van der Waals surface area contributed by atoms with Crippen LogP contribution in [0.4, 0.5) is 0 Å². The van der Waals surface area contributed by atoms with Crippen LogP contribution < -0.4 is 11.1 Å². The van der Waals surface area contributed by atoms with E-state index in [9.17, 15) is 14.4 Å². The number of carbonyl (C=O) groups excluding carboxylic acids is 2. The predicted molar refractivity (Wildman–Crippen MR) is 45.2 cm³/mol. The van der Waals surface area contributed by atoms with Crippen LogP contribution in [0.1, 0.15) is 0 Å². The quantitative estimate of drug-likeness (QED) is 0.430. The molecule has 0 radical (unpaired) electrons. The molecule has 1 heterocycles. The van der Waals surface area contributed by atoms with Gasteiger partial charge < -0.3 is 21.1 Å². The highest BCUT2D eigenvalue weighted by Gasteiger charge is 2.38. The number of hydrogen-bond acceptors (Lipinski definition) is 4. The lowest BCUT2D eigenvalue weighted by Gasteiger charge is -2.37. The second kappa shape index (κ2) is 4.05. The van der Waals surface area contributed by atoms with Crippen LogP contribution in [0.3, 0.4) is 0 Å². The Labute approximate surface area is 79.9 Å². The Bertz CT molecular complexity index is 278. The van der Waals surface area contributed by atoms with Crippen molar-refractivity contribution in [3.05, 3.63) is 0 Å². The van der Waals surface area contributed by atoms with Gasteiger partial charge in [-0.1, -0.05) is 0 Å². The first-order valence-electron chi connectivity index (χ1n) is 4.04. The number of carboxylic acids is 1. The number of likely N-dealkylation sites (tertiary alicyclic amines) is 1. The molecule has 2 amide bonds. The third-order valence-electron chi connectivity index (χ3n) is 1.86. The summed E-state index contributed by atoms with van der Waals surface area (Å²) in [5, 5.41) is 10.8. The van der Waals surface area contributed by atoms with Gasteiger partial charge in [-0.3, -0.25) is 14.4 Å². The van der Waals surface area contributed by atoms with Gasteiger partial charge in [-0.05, 0) is 0 Å². The van der Waals surface area contributed by atoms with E-state index in [1.54, 1.807) is 0 Å². The maximum absolute atomic E-state index is 11.2. The molecule has 0 spiro atoms. The molecule has 0 bridgehead atoms. The van der Waals surface area contributed by atoms with Crippen molar-refractivity contribution in [3.8, 4) is 0 Å². The maximum atomic E-state index is 11.2. The van der Waals surface area contributed by atoms with Gasteiger partial charge in [-0.2, -0.15) is 0 Å². The summed E-state index contributed by atoms with van der Waals surface area (Å²) in [7, 11) is 0. The lowest BCUT2D eigenvalue weighted by Crippen LogP contribution is -2.65. The van der Waals surface area contributed by atoms with Crippen LogP contribution in [-0.4, -0.2) is 53.5 Å². The molecule has 1 rings (SSSR count). The normalized spacial score (nSPS) is 20.2. The highest BCUT2D eigenvalue weighted by Crippen LogP contribution is 2.08. The van der Waals surface area contributed by atoms with Gasteiger partial charge in [0.15, 0.2) is 0 Å². The monoisotopic (exact) mass is 201 g/mol. The number of amides is 2. The van der Waals surface area contributed by atoms with Gasteiger partial charge in [-0.25, -0.2) is 0 Å². The summed E-state index contributed by atoms with van der Waals surface area (Å²) in [5.41, 5.74) is 5.03. The Balaban J connectivity index is 2.33. The minimum atomic E-state index is -1.07. The fourth-order valence-electron chi connectivity index (χ4n) is 1.16.